The van der Waals surface area contributed by atoms with Gasteiger partial charge in [0.1, 0.15) is 11.4 Å². The number of hydrogen-bond acceptors (Lipinski definition) is 4. The van der Waals surface area contributed by atoms with Crippen molar-refractivity contribution in [2.24, 2.45) is 0 Å². The number of amides is 2. The Balaban J connectivity index is 1.93. The number of halogens is 1. The molecule has 1 aromatic rings. The lowest BCUT2D eigenvalue weighted by molar-refractivity contribution is -0.105. The van der Waals surface area contributed by atoms with Crippen molar-refractivity contribution in [3.8, 4) is 0 Å². The lowest BCUT2D eigenvalue weighted by atomic mass is 10.0. The zero-order valence-corrected chi connectivity index (χ0v) is 14.3. The van der Waals surface area contributed by atoms with Crippen molar-refractivity contribution in [1.29, 1.82) is 0 Å². The van der Waals surface area contributed by atoms with E-state index in [0.29, 0.717) is 25.2 Å². The van der Waals surface area contributed by atoms with E-state index in [2.05, 4.69) is 15.5 Å². The zero-order chi connectivity index (χ0) is 17.7. The van der Waals surface area contributed by atoms with Gasteiger partial charge in [0, 0.05) is 19.1 Å². The van der Waals surface area contributed by atoms with E-state index in [1.54, 1.807) is 6.07 Å². The number of hydrogen-bond donors (Lipinski definition) is 2. The van der Waals surface area contributed by atoms with Gasteiger partial charge in [-0.05, 0) is 51.8 Å². The van der Waals surface area contributed by atoms with Crippen molar-refractivity contribution in [3.63, 3.8) is 0 Å². The average Bonchev–Trinajstić information content (AvgIpc) is 2.47. The van der Waals surface area contributed by atoms with E-state index in [0.717, 1.165) is 18.5 Å². The van der Waals surface area contributed by atoms with Gasteiger partial charge >= 0.3 is 6.09 Å². The molecule has 132 valence electrons. The van der Waals surface area contributed by atoms with E-state index < -0.39 is 17.5 Å². The Morgan fingerprint density at radius 3 is 2.58 bits per heavy atom. The lowest BCUT2D eigenvalue weighted by Gasteiger charge is -2.35. The van der Waals surface area contributed by atoms with Crippen molar-refractivity contribution in [3.05, 3.63) is 24.0 Å². The summed E-state index contributed by atoms with van der Waals surface area (Å²) in [6.07, 6.45) is 1.62. The first-order valence-corrected chi connectivity index (χ1v) is 8.02. The summed E-state index contributed by atoms with van der Waals surface area (Å²) in [4.78, 5) is 24.6. The van der Waals surface area contributed by atoms with Crippen molar-refractivity contribution in [1.82, 2.24) is 5.32 Å². The SMILES string of the molecule is CC(C)(C)OC(=O)NC1CCN(c2ccc(F)cc2NC=O)CC1. The molecule has 1 aromatic carbocycles. The largest absolute Gasteiger partial charge is 0.444 e. The Hall–Kier alpha value is -2.31. The Labute approximate surface area is 141 Å². The van der Waals surface area contributed by atoms with Crippen molar-refractivity contribution >= 4 is 23.9 Å². The maximum atomic E-state index is 13.3. The highest BCUT2D eigenvalue weighted by atomic mass is 19.1. The van der Waals surface area contributed by atoms with Crippen LogP contribution in [0.25, 0.3) is 0 Å². The highest BCUT2D eigenvalue weighted by molar-refractivity contribution is 5.81. The number of carbonyl (C=O) groups is 2. The third-order valence-corrected chi connectivity index (χ3v) is 3.73. The zero-order valence-electron chi connectivity index (χ0n) is 14.3. The normalized spacial score (nSPS) is 15.8. The minimum atomic E-state index is -0.520. The summed E-state index contributed by atoms with van der Waals surface area (Å²) in [5.41, 5.74) is 0.705. The molecule has 0 radical (unpaired) electrons. The van der Waals surface area contributed by atoms with E-state index in [1.807, 2.05) is 20.8 Å². The predicted octanol–water partition coefficient (Wildman–Crippen LogP) is 2.89. The summed E-state index contributed by atoms with van der Waals surface area (Å²) < 4.78 is 18.6. The Kier molecular flexibility index (Phi) is 5.64. The average molecular weight is 337 g/mol. The number of nitrogens with one attached hydrogen (secondary N) is 2. The molecule has 2 amide bonds. The van der Waals surface area contributed by atoms with Crippen LogP contribution in [0.2, 0.25) is 0 Å². The van der Waals surface area contributed by atoms with Crippen LogP contribution < -0.4 is 15.5 Å². The molecule has 0 atom stereocenters. The molecule has 1 aliphatic heterocycles. The van der Waals surface area contributed by atoms with Gasteiger partial charge in [-0.25, -0.2) is 9.18 Å². The van der Waals surface area contributed by atoms with Gasteiger partial charge in [0.15, 0.2) is 0 Å². The van der Waals surface area contributed by atoms with Gasteiger partial charge in [0.25, 0.3) is 0 Å². The highest BCUT2D eigenvalue weighted by Crippen LogP contribution is 2.29. The minimum absolute atomic E-state index is 0.0408. The summed E-state index contributed by atoms with van der Waals surface area (Å²) in [5.74, 6) is -0.399. The molecule has 1 saturated heterocycles. The van der Waals surface area contributed by atoms with Gasteiger partial charge in [-0.1, -0.05) is 0 Å². The topological polar surface area (TPSA) is 70.7 Å². The molecule has 0 unspecified atom stereocenters. The van der Waals surface area contributed by atoms with Gasteiger partial charge in [-0.2, -0.15) is 0 Å². The molecule has 7 heteroatoms. The van der Waals surface area contributed by atoms with E-state index >= 15 is 0 Å². The number of alkyl carbamates (subject to hydrolysis) is 1. The highest BCUT2D eigenvalue weighted by Gasteiger charge is 2.24. The molecular weight excluding hydrogens is 313 g/mol. The maximum Gasteiger partial charge on any atom is 0.407 e. The van der Waals surface area contributed by atoms with Crippen molar-refractivity contribution < 1.29 is 18.7 Å². The summed E-state index contributed by atoms with van der Waals surface area (Å²) in [5, 5.41) is 5.41. The fraction of sp³-hybridized carbons (Fsp3) is 0.529. The minimum Gasteiger partial charge on any atom is -0.444 e. The lowest BCUT2D eigenvalue weighted by Crippen LogP contribution is -2.46. The molecule has 1 aliphatic rings. The summed E-state index contributed by atoms with van der Waals surface area (Å²) in [7, 11) is 0. The molecule has 0 aliphatic carbocycles. The van der Waals surface area contributed by atoms with Crippen LogP contribution in [-0.2, 0) is 9.53 Å². The fourth-order valence-corrected chi connectivity index (χ4v) is 2.70. The molecule has 24 heavy (non-hydrogen) atoms. The number of nitrogens with zero attached hydrogens (tertiary/aromatic N) is 1. The van der Waals surface area contributed by atoms with Crippen LogP contribution >= 0.6 is 0 Å². The van der Waals surface area contributed by atoms with E-state index in [1.165, 1.54) is 12.1 Å². The van der Waals surface area contributed by atoms with Crippen molar-refractivity contribution in [2.45, 2.75) is 45.3 Å². The number of anilines is 2. The van der Waals surface area contributed by atoms with Gasteiger partial charge in [-0.15, -0.1) is 0 Å². The number of benzene rings is 1. The number of piperidine rings is 1. The third-order valence-electron chi connectivity index (χ3n) is 3.73. The number of carbonyl (C=O) groups excluding carboxylic acids is 2. The molecule has 1 fully saturated rings. The molecule has 0 spiro atoms. The quantitative estimate of drug-likeness (QED) is 0.829. The van der Waals surface area contributed by atoms with E-state index in [9.17, 15) is 14.0 Å². The predicted molar refractivity (Wildman–Crippen MR) is 90.7 cm³/mol. The second-order valence-corrected chi connectivity index (χ2v) is 6.83. The first-order valence-electron chi connectivity index (χ1n) is 8.02. The first kappa shape index (κ1) is 18.0. The van der Waals surface area contributed by atoms with Crippen LogP contribution in [0.1, 0.15) is 33.6 Å². The van der Waals surface area contributed by atoms with Crippen molar-refractivity contribution in [2.75, 3.05) is 23.3 Å². The Bertz CT molecular complexity index is 593. The van der Waals surface area contributed by atoms with Crippen LogP contribution in [0, 0.1) is 5.82 Å². The summed E-state index contributed by atoms with van der Waals surface area (Å²) in [6, 6.07) is 4.37. The Morgan fingerprint density at radius 2 is 2.00 bits per heavy atom. The molecule has 2 rings (SSSR count). The van der Waals surface area contributed by atoms with Gasteiger partial charge < -0.3 is 20.3 Å². The molecule has 6 nitrogen and oxygen atoms in total. The molecule has 0 aromatic heterocycles. The van der Waals surface area contributed by atoms with Crippen LogP contribution in [0.5, 0.6) is 0 Å². The second kappa shape index (κ2) is 7.51. The van der Waals surface area contributed by atoms with Gasteiger partial charge in [-0.3, -0.25) is 4.79 Å². The smallest absolute Gasteiger partial charge is 0.407 e. The standard InChI is InChI=1S/C17H24FN3O3/c1-17(2,3)24-16(23)20-13-6-8-21(9-7-13)15-5-4-12(18)10-14(15)19-11-22/h4-5,10-11,13H,6-9H2,1-3H3,(H,19,22)(H,20,23). The molecule has 0 saturated carbocycles. The maximum absolute atomic E-state index is 13.3. The van der Waals surface area contributed by atoms with Crippen LogP contribution in [0.4, 0.5) is 20.6 Å². The summed E-state index contributed by atoms with van der Waals surface area (Å²) >= 11 is 0. The number of ether oxygens (including phenoxy) is 1. The second-order valence-electron chi connectivity index (χ2n) is 6.83. The third kappa shape index (κ3) is 5.11. The molecule has 1 heterocycles. The fourth-order valence-electron chi connectivity index (χ4n) is 2.70. The van der Waals surface area contributed by atoms with Crippen LogP contribution in [0.15, 0.2) is 18.2 Å². The van der Waals surface area contributed by atoms with Crippen LogP contribution in [-0.4, -0.2) is 37.2 Å². The molecule has 2 N–H and O–H groups in total. The van der Waals surface area contributed by atoms with E-state index in [4.69, 9.17) is 4.74 Å². The molecular formula is C17H24FN3O3. The first-order chi connectivity index (χ1) is 11.3. The van der Waals surface area contributed by atoms with E-state index in [-0.39, 0.29) is 6.04 Å². The van der Waals surface area contributed by atoms with Gasteiger partial charge in [0.2, 0.25) is 6.41 Å². The van der Waals surface area contributed by atoms with Crippen LogP contribution in [0.3, 0.4) is 0 Å². The summed E-state index contributed by atoms with van der Waals surface area (Å²) in [6.45, 7) is 6.86. The van der Waals surface area contributed by atoms with Gasteiger partial charge in [0.05, 0.1) is 11.4 Å². The monoisotopic (exact) mass is 337 g/mol. The number of rotatable bonds is 4. The molecule has 0 bridgehead atoms. The Morgan fingerprint density at radius 1 is 1.33 bits per heavy atom.